The number of piperidine rings is 2. The van der Waals surface area contributed by atoms with Gasteiger partial charge in [-0.05, 0) is 71.5 Å². The minimum absolute atomic E-state index is 0.238. The lowest BCUT2D eigenvalue weighted by atomic mass is 9.96. The van der Waals surface area contributed by atoms with E-state index < -0.39 is 0 Å². The number of aliphatic hydroxyl groups excluding tert-OH is 1. The highest BCUT2D eigenvalue weighted by Crippen LogP contribution is 2.21. The number of hydrogen-bond acceptors (Lipinski definition) is 4. The number of amides is 1. The monoisotopic (exact) mass is 339 g/mol. The van der Waals surface area contributed by atoms with E-state index in [4.69, 9.17) is 0 Å². The van der Waals surface area contributed by atoms with Crippen LogP contribution in [-0.4, -0.2) is 84.2 Å². The predicted molar refractivity (Wildman–Crippen MR) is 98.0 cm³/mol. The van der Waals surface area contributed by atoms with Gasteiger partial charge in [0.2, 0.25) is 5.91 Å². The van der Waals surface area contributed by atoms with Crippen LogP contribution in [0.3, 0.4) is 0 Å². The van der Waals surface area contributed by atoms with E-state index in [1.807, 2.05) is 6.92 Å². The summed E-state index contributed by atoms with van der Waals surface area (Å²) in [6.07, 6.45) is 6.79. The average Bonchev–Trinajstić information content (AvgIpc) is 2.56. The van der Waals surface area contributed by atoms with Gasteiger partial charge in [-0.25, -0.2) is 0 Å². The second-order valence-electron chi connectivity index (χ2n) is 7.93. The second-order valence-corrected chi connectivity index (χ2v) is 7.93. The number of β-amino-alcohol motifs (C(OH)–C–C–N with tert-alkyl or cyclic N) is 1. The number of nitrogens with zero attached hydrogens (tertiary/aromatic N) is 3. The minimum Gasteiger partial charge on any atom is -0.392 e. The molecule has 5 nitrogen and oxygen atoms in total. The molecule has 0 aromatic carbocycles. The average molecular weight is 340 g/mol. The van der Waals surface area contributed by atoms with Crippen LogP contribution in [0.1, 0.15) is 52.4 Å². The third-order valence-electron chi connectivity index (χ3n) is 5.62. The Balaban J connectivity index is 1.71. The van der Waals surface area contributed by atoms with Gasteiger partial charge in [-0.15, -0.1) is 0 Å². The molecule has 2 aliphatic heterocycles. The van der Waals surface area contributed by atoms with Gasteiger partial charge in [0.25, 0.3) is 0 Å². The van der Waals surface area contributed by atoms with Crippen LogP contribution in [0.5, 0.6) is 0 Å². The predicted octanol–water partition coefficient (Wildman–Crippen LogP) is 1.80. The topological polar surface area (TPSA) is 47.0 Å². The first-order valence-electron chi connectivity index (χ1n) is 9.88. The van der Waals surface area contributed by atoms with Crippen LogP contribution in [0, 0.1) is 5.92 Å². The molecule has 5 heteroatoms. The van der Waals surface area contributed by atoms with Gasteiger partial charge in [0.1, 0.15) is 0 Å². The summed E-state index contributed by atoms with van der Waals surface area (Å²) in [6, 6.07) is 0.461. The number of likely N-dealkylation sites (N-methyl/N-ethyl adjacent to an activating group) is 1. The SMILES string of the molecule is CC[C@@H]1CCCCN1C(=O)CN(C)CC1CCN(C[C@H](C)O)CC1. The molecule has 0 unspecified atom stereocenters. The summed E-state index contributed by atoms with van der Waals surface area (Å²) < 4.78 is 0. The zero-order valence-corrected chi connectivity index (χ0v) is 15.9. The molecular weight excluding hydrogens is 302 g/mol. The zero-order chi connectivity index (χ0) is 17.5. The summed E-state index contributed by atoms with van der Waals surface area (Å²) in [6.45, 7) is 9.50. The first-order chi connectivity index (χ1) is 11.5. The van der Waals surface area contributed by atoms with Crippen LogP contribution in [0.2, 0.25) is 0 Å². The lowest BCUT2D eigenvalue weighted by Gasteiger charge is -2.37. The summed E-state index contributed by atoms with van der Waals surface area (Å²) in [5, 5.41) is 9.49. The Labute approximate surface area is 148 Å². The van der Waals surface area contributed by atoms with Crippen molar-refractivity contribution in [3.63, 3.8) is 0 Å². The summed E-state index contributed by atoms with van der Waals surface area (Å²) in [4.78, 5) is 19.3. The van der Waals surface area contributed by atoms with E-state index in [-0.39, 0.29) is 6.10 Å². The molecule has 24 heavy (non-hydrogen) atoms. The smallest absolute Gasteiger partial charge is 0.236 e. The largest absolute Gasteiger partial charge is 0.392 e. The van der Waals surface area contributed by atoms with Crippen LogP contribution < -0.4 is 0 Å². The van der Waals surface area contributed by atoms with Crippen LogP contribution in [0.15, 0.2) is 0 Å². The first-order valence-corrected chi connectivity index (χ1v) is 9.88. The molecule has 2 aliphatic rings. The van der Waals surface area contributed by atoms with E-state index in [0.29, 0.717) is 24.4 Å². The van der Waals surface area contributed by atoms with Crippen molar-refractivity contribution in [2.24, 2.45) is 5.92 Å². The molecule has 2 atom stereocenters. The van der Waals surface area contributed by atoms with Gasteiger partial charge in [-0.3, -0.25) is 9.69 Å². The normalized spacial score (nSPS) is 25.2. The van der Waals surface area contributed by atoms with E-state index in [1.165, 1.54) is 25.7 Å². The van der Waals surface area contributed by atoms with Crippen molar-refractivity contribution >= 4 is 5.91 Å². The Morgan fingerprint density at radius 2 is 1.92 bits per heavy atom. The summed E-state index contributed by atoms with van der Waals surface area (Å²) in [5.74, 6) is 0.993. The standard InChI is InChI=1S/C19H37N3O2/c1-4-18-7-5-6-10-22(18)19(24)15-20(3)14-17-8-11-21(12-9-17)13-16(2)23/h16-18,23H,4-15H2,1-3H3/t16-,18+/m0/s1. The third kappa shape index (κ3) is 6.01. The lowest BCUT2D eigenvalue weighted by Crippen LogP contribution is -2.48. The highest BCUT2D eigenvalue weighted by atomic mass is 16.3. The number of carbonyl (C=O) groups excluding carboxylic acids is 1. The Morgan fingerprint density at radius 1 is 1.21 bits per heavy atom. The molecule has 0 bridgehead atoms. The van der Waals surface area contributed by atoms with Crippen LogP contribution in [0.4, 0.5) is 0 Å². The first kappa shape index (κ1) is 19.7. The summed E-state index contributed by atoms with van der Waals surface area (Å²) >= 11 is 0. The van der Waals surface area contributed by atoms with Gasteiger partial charge in [0, 0.05) is 25.7 Å². The van der Waals surface area contributed by atoms with Crippen molar-refractivity contribution in [2.45, 2.75) is 64.5 Å². The fraction of sp³-hybridized carbons (Fsp3) is 0.947. The summed E-state index contributed by atoms with van der Waals surface area (Å²) in [5.41, 5.74) is 0. The van der Waals surface area contributed by atoms with Gasteiger partial charge in [0.05, 0.1) is 12.6 Å². The van der Waals surface area contributed by atoms with Crippen molar-refractivity contribution in [1.82, 2.24) is 14.7 Å². The Bertz CT molecular complexity index is 381. The molecule has 1 amide bonds. The zero-order valence-electron chi connectivity index (χ0n) is 15.9. The third-order valence-corrected chi connectivity index (χ3v) is 5.62. The Kier molecular flexibility index (Phi) is 7.98. The van der Waals surface area contributed by atoms with E-state index in [9.17, 15) is 9.90 Å². The maximum Gasteiger partial charge on any atom is 0.236 e. The second kappa shape index (κ2) is 9.73. The fourth-order valence-corrected chi connectivity index (χ4v) is 4.31. The molecule has 0 aromatic rings. The number of hydrogen-bond donors (Lipinski definition) is 1. The van der Waals surface area contributed by atoms with E-state index >= 15 is 0 Å². The summed E-state index contributed by atoms with van der Waals surface area (Å²) in [7, 11) is 2.09. The number of aliphatic hydroxyl groups is 1. The van der Waals surface area contributed by atoms with Gasteiger partial charge >= 0.3 is 0 Å². The van der Waals surface area contributed by atoms with Gasteiger partial charge in [-0.1, -0.05) is 6.92 Å². The highest BCUT2D eigenvalue weighted by molar-refractivity contribution is 5.78. The molecule has 2 fully saturated rings. The Morgan fingerprint density at radius 3 is 2.54 bits per heavy atom. The van der Waals surface area contributed by atoms with Crippen LogP contribution in [-0.2, 0) is 4.79 Å². The van der Waals surface area contributed by atoms with Gasteiger partial charge in [-0.2, -0.15) is 0 Å². The molecule has 0 radical (unpaired) electrons. The fourth-order valence-electron chi connectivity index (χ4n) is 4.31. The highest BCUT2D eigenvalue weighted by Gasteiger charge is 2.27. The molecule has 0 aromatic heterocycles. The van der Waals surface area contributed by atoms with Gasteiger partial charge < -0.3 is 14.9 Å². The maximum absolute atomic E-state index is 12.6. The maximum atomic E-state index is 12.6. The molecular formula is C19H37N3O2. The van der Waals surface area contributed by atoms with Crippen molar-refractivity contribution < 1.29 is 9.90 Å². The molecule has 2 heterocycles. The van der Waals surface area contributed by atoms with Crippen molar-refractivity contribution in [1.29, 1.82) is 0 Å². The van der Waals surface area contributed by atoms with E-state index in [1.54, 1.807) is 0 Å². The molecule has 0 spiro atoms. The van der Waals surface area contributed by atoms with Crippen LogP contribution >= 0.6 is 0 Å². The van der Waals surface area contributed by atoms with Crippen LogP contribution in [0.25, 0.3) is 0 Å². The quantitative estimate of drug-likeness (QED) is 0.768. The number of likely N-dealkylation sites (tertiary alicyclic amines) is 2. The molecule has 0 aliphatic carbocycles. The van der Waals surface area contributed by atoms with Crippen molar-refractivity contribution in [3.8, 4) is 0 Å². The van der Waals surface area contributed by atoms with E-state index in [2.05, 4.69) is 28.7 Å². The minimum atomic E-state index is -0.238. The van der Waals surface area contributed by atoms with Crippen molar-refractivity contribution in [3.05, 3.63) is 0 Å². The number of rotatable bonds is 7. The molecule has 140 valence electrons. The Hall–Kier alpha value is -0.650. The lowest BCUT2D eigenvalue weighted by molar-refractivity contribution is -0.136. The van der Waals surface area contributed by atoms with Gasteiger partial charge in [0.15, 0.2) is 0 Å². The molecule has 2 saturated heterocycles. The van der Waals surface area contributed by atoms with E-state index in [0.717, 1.165) is 45.6 Å². The molecule has 2 rings (SSSR count). The molecule has 0 saturated carbocycles. The number of carbonyl (C=O) groups is 1. The van der Waals surface area contributed by atoms with Crippen molar-refractivity contribution in [2.75, 3.05) is 46.3 Å². The molecule has 1 N–H and O–H groups in total.